The number of ether oxygens (including phenoxy) is 1. The predicted octanol–water partition coefficient (Wildman–Crippen LogP) is 2.46. The van der Waals surface area contributed by atoms with Crippen LogP contribution in [0, 0.1) is 0 Å². The summed E-state index contributed by atoms with van der Waals surface area (Å²) in [7, 11) is 1.74. The summed E-state index contributed by atoms with van der Waals surface area (Å²) in [6.07, 6.45) is 0. The first-order chi connectivity index (χ1) is 12.3. The van der Waals surface area contributed by atoms with Gasteiger partial charge in [-0.25, -0.2) is 0 Å². The molecular weight excluding hydrogens is 344 g/mol. The van der Waals surface area contributed by atoms with Crippen LogP contribution in [0.4, 0.5) is 14.5 Å². The van der Waals surface area contributed by atoms with Crippen LogP contribution in [0.1, 0.15) is 15.9 Å². The Bertz CT molecular complexity index is 767. The quantitative estimate of drug-likeness (QED) is 0.755. The van der Waals surface area contributed by atoms with Gasteiger partial charge in [0.25, 0.3) is 5.91 Å². The van der Waals surface area contributed by atoms with Crippen LogP contribution in [0.15, 0.2) is 48.5 Å². The van der Waals surface area contributed by atoms with Crippen molar-refractivity contribution in [1.29, 1.82) is 0 Å². The number of likely N-dealkylation sites (N-methyl/N-ethyl adjacent to an activating group) is 1. The molecule has 0 bridgehead atoms. The molecule has 26 heavy (non-hydrogen) atoms. The zero-order valence-electron chi connectivity index (χ0n) is 14.1. The zero-order chi connectivity index (χ0) is 19.1. The molecule has 0 atom stereocenters. The molecule has 138 valence electrons. The van der Waals surface area contributed by atoms with Crippen molar-refractivity contribution in [1.82, 2.24) is 4.90 Å². The van der Waals surface area contributed by atoms with Crippen LogP contribution < -0.4 is 15.8 Å². The molecule has 3 N–H and O–H groups in total. The molecule has 0 fully saturated rings. The number of carbonyl (C=O) groups excluding carboxylic acids is 2. The Labute approximate surface area is 149 Å². The molecule has 0 aliphatic carbocycles. The molecule has 0 aliphatic rings. The molecule has 2 aromatic rings. The fourth-order valence-corrected chi connectivity index (χ4v) is 2.39. The first kappa shape index (κ1) is 19.3. The van der Waals surface area contributed by atoms with Gasteiger partial charge in [-0.15, -0.1) is 0 Å². The molecule has 0 aromatic heterocycles. The molecule has 0 saturated heterocycles. The number of anilines is 1. The van der Waals surface area contributed by atoms with Gasteiger partial charge in [-0.3, -0.25) is 14.5 Å². The summed E-state index contributed by atoms with van der Waals surface area (Å²) in [6.45, 7) is -2.36. The number of nitrogens with two attached hydrogens (primary N) is 1. The maximum Gasteiger partial charge on any atom is 0.387 e. The number of rotatable bonds is 8. The second-order valence-corrected chi connectivity index (χ2v) is 5.65. The van der Waals surface area contributed by atoms with E-state index in [1.807, 2.05) is 0 Å². The van der Waals surface area contributed by atoms with Crippen molar-refractivity contribution in [3.05, 3.63) is 59.7 Å². The highest BCUT2D eigenvalue weighted by Crippen LogP contribution is 2.16. The molecule has 2 aromatic carbocycles. The lowest BCUT2D eigenvalue weighted by molar-refractivity contribution is -0.117. The topological polar surface area (TPSA) is 84.7 Å². The van der Waals surface area contributed by atoms with E-state index in [4.69, 9.17) is 5.73 Å². The highest BCUT2D eigenvalue weighted by atomic mass is 19.3. The number of alkyl halides is 2. The van der Waals surface area contributed by atoms with Gasteiger partial charge in [0.15, 0.2) is 0 Å². The average Bonchev–Trinajstić information content (AvgIpc) is 2.56. The van der Waals surface area contributed by atoms with Crippen LogP contribution in [0.25, 0.3) is 0 Å². The van der Waals surface area contributed by atoms with Gasteiger partial charge in [0.2, 0.25) is 5.91 Å². The largest absolute Gasteiger partial charge is 0.435 e. The number of carbonyl (C=O) groups is 2. The van der Waals surface area contributed by atoms with Crippen molar-refractivity contribution in [3.63, 3.8) is 0 Å². The van der Waals surface area contributed by atoms with E-state index in [2.05, 4.69) is 10.1 Å². The lowest BCUT2D eigenvalue weighted by Gasteiger charge is -2.17. The summed E-state index contributed by atoms with van der Waals surface area (Å²) in [6, 6.07) is 12.7. The van der Waals surface area contributed by atoms with Crippen LogP contribution in [0.3, 0.4) is 0 Å². The molecule has 6 nitrogen and oxygen atoms in total. The van der Waals surface area contributed by atoms with E-state index in [0.29, 0.717) is 12.2 Å². The van der Waals surface area contributed by atoms with E-state index in [1.54, 1.807) is 42.3 Å². The standard InChI is InChI=1S/C18H19F2N3O3/c1-23(10-12-6-8-13(9-7-12)26-18(19)20)11-16(24)22-15-5-3-2-4-14(15)17(21)25/h2-9,18H,10-11H2,1H3,(H2,21,25)(H,22,24). The summed E-state index contributed by atoms with van der Waals surface area (Å²) >= 11 is 0. The number of primary amides is 1. The highest BCUT2D eigenvalue weighted by molar-refractivity contribution is 6.03. The lowest BCUT2D eigenvalue weighted by atomic mass is 10.1. The molecule has 0 radical (unpaired) electrons. The van der Waals surface area contributed by atoms with E-state index in [9.17, 15) is 18.4 Å². The first-order valence-electron chi connectivity index (χ1n) is 7.76. The first-order valence-corrected chi connectivity index (χ1v) is 7.76. The second kappa shape index (κ2) is 8.91. The van der Waals surface area contributed by atoms with Gasteiger partial charge < -0.3 is 15.8 Å². The molecular formula is C18H19F2N3O3. The zero-order valence-corrected chi connectivity index (χ0v) is 14.1. The van der Waals surface area contributed by atoms with Crippen molar-refractivity contribution in [2.45, 2.75) is 13.2 Å². The van der Waals surface area contributed by atoms with Crippen molar-refractivity contribution in [2.75, 3.05) is 18.9 Å². The monoisotopic (exact) mass is 363 g/mol. The third-order valence-electron chi connectivity index (χ3n) is 3.48. The predicted molar refractivity (Wildman–Crippen MR) is 93.0 cm³/mol. The molecule has 2 rings (SSSR count). The van der Waals surface area contributed by atoms with Crippen molar-refractivity contribution in [2.24, 2.45) is 5.73 Å². The molecule has 0 saturated carbocycles. The van der Waals surface area contributed by atoms with Gasteiger partial charge in [0.05, 0.1) is 17.8 Å². The number of nitrogens with one attached hydrogen (secondary N) is 1. The fraction of sp³-hybridized carbons (Fsp3) is 0.222. The van der Waals surface area contributed by atoms with Crippen LogP contribution >= 0.6 is 0 Å². The third kappa shape index (κ3) is 5.82. The Morgan fingerprint density at radius 1 is 1.15 bits per heavy atom. The minimum atomic E-state index is -2.87. The fourth-order valence-electron chi connectivity index (χ4n) is 2.39. The number of hydrogen-bond donors (Lipinski definition) is 2. The van der Waals surface area contributed by atoms with Gasteiger partial charge in [-0.05, 0) is 36.9 Å². The maximum absolute atomic E-state index is 12.2. The summed E-state index contributed by atoms with van der Waals surface area (Å²) in [5.41, 5.74) is 6.70. The number of halogens is 2. The van der Waals surface area contributed by atoms with Gasteiger partial charge in [-0.2, -0.15) is 8.78 Å². The van der Waals surface area contributed by atoms with Crippen molar-refractivity contribution in [3.8, 4) is 5.75 Å². The highest BCUT2D eigenvalue weighted by Gasteiger charge is 2.12. The third-order valence-corrected chi connectivity index (χ3v) is 3.48. The Morgan fingerprint density at radius 3 is 2.42 bits per heavy atom. The molecule has 2 amide bonds. The maximum atomic E-state index is 12.2. The molecule has 8 heteroatoms. The van der Waals surface area contributed by atoms with E-state index in [0.717, 1.165) is 5.56 Å². The average molecular weight is 363 g/mol. The number of nitrogens with zero attached hydrogens (tertiary/aromatic N) is 1. The van der Waals surface area contributed by atoms with Crippen LogP contribution in [0.2, 0.25) is 0 Å². The molecule has 0 aliphatic heterocycles. The smallest absolute Gasteiger partial charge is 0.387 e. The minimum Gasteiger partial charge on any atom is -0.435 e. The van der Waals surface area contributed by atoms with Crippen molar-refractivity contribution < 1.29 is 23.1 Å². The van der Waals surface area contributed by atoms with Crippen LogP contribution in [0.5, 0.6) is 5.75 Å². The van der Waals surface area contributed by atoms with Crippen LogP contribution in [-0.4, -0.2) is 36.9 Å². The van der Waals surface area contributed by atoms with E-state index in [1.165, 1.54) is 18.2 Å². The number of amides is 2. The van der Waals surface area contributed by atoms with E-state index < -0.39 is 12.5 Å². The van der Waals surface area contributed by atoms with Gasteiger partial charge in [-0.1, -0.05) is 24.3 Å². The Hall–Kier alpha value is -3.00. The van der Waals surface area contributed by atoms with Gasteiger partial charge in [0.1, 0.15) is 5.75 Å². The SMILES string of the molecule is CN(CC(=O)Nc1ccccc1C(N)=O)Cc1ccc(OC(F)F)cc1. The summed E-state index contributed by atoms with van der Waals surface area (Å²) < 4.78 is 28.5. The minimum absolute atomic E-state index is 0.0718. The summed E-state index contributed by atoms with van der Waals surface area (Å²) in [4.78, 5) is 25.3. The Balaban J connectivity index is 1.90. The number of para-hydroxylation sites is 1. The molecule has 0 heterocycles. The number of hydrogen-bond acceptors (Lipinski definition) is 4. The lowest BCUT2D eigenvalue weighted by Crippen LogP contribution is -2.30. The van der Waals surface area contributed by atoms with Crippen molar-refractivity contribution >= 4 is 17.5 Å². The number of benzene rings is 2. The summed E-state index contributed by atoms with van der Waals surface area (Å²) in [5, 5.41) is 2.65. The van der Waals surface area contributed by atoms with E-state index >= 15 is 0 Å². The molecule has 0 unspecified atom stereocenters. The molecule has 0 spiro atoms. The van der Waals surface area contributed by atoms with E-state index in [-0.39, 0.29) is 23.8 Å². The van der Waals surface area contributed by atoms with Gasteiger partial charge >= 0.3 is 6.61 Å². The Kier molecular flexibility index (Phi) is 6.62. The summed E-state index contributed by atoms with van der Waals surface area (Å²) in [5.74, 6) is -0.855. The van der Waals surface area contributed by atoms with Gasteiger partial charge in [0, 0.05) is 6.54 Å². The second-order valence-electron chi connectivity index (χ2n) is 5.65. The Morgan fingerprint density at radius 2 is 1.81 bits per heavy atom. The van der Waals surface area contributed by atoms with Crippen LogP contribution in [-0.2, 0) is 11.3 Å². The normalized spacial score (nSPS) is 10.8.